The van der Waals surface area contributed by atoms with E-state index in [1.165, 1.54) is 31.0 Å². The molecule has 0 saturated heterocycles. The first-order valence-corrected chi connectivity index (χ1v) is 10.5. The molecule has 2 aromatic rings. The van der Waals surface area contributed by atoms with E-state index in [1.807, 2.05) is 26.0 Å². The van der Waals surface area contributed by atoms with Gasteiger partial charge in [-0.3, -0.25) is 4.79 Å². The van der Waals surface area contributed by atoms with Gasteiger partial charge in [0.1, 0.15) is 5.75 Å². The Balaban J connectivity index is 1.22. The maximum atomic E-state index is 12.2. The largest absolute Gasteiger partial charge is 0.484 e. The Morgan fingerprint density at radius 1 is 1.22 bits per heavy atom. The molecule has 7 heteroatoms. The molecule has 2 aliphatic carbocycles. The number of rotatable bonds is 7. The minimum atomic E-state index is 0.0452. The van der Waals surface area contributed by atoms with Crippen LogP contribution in [0.3, 0.4) is 0 Å². The van der Waals surface area contributed by atoms with E-state index < -0.39 is 0 Å². The summed E-state index contributed by atoms with van der Waals surface area (Å²) in [6.45, 7) is 4.28. The number of benzene rings is 1. The number of amides is 1. The molecule has 1 aromatic carbocycles. The molecule has 4 rings (SSSR count). The predicted octanol–water partition coefficient (Wildman–Crippen LogP) is 3.66. The summed E-state index contributed by atoms with van der Waals surface area (Å²) >= 11 is 1.27. The summed E-state index contributed by atoms with van der Waals surface area (Å²) in [7, 11) is 0. The SMILES string of the molecule is Cc1cc(C)cc(OCc2nnc(SCC(=O)N[C@H]3C[C@@H]4CC[C@@H]3C4)o2)c1. The molecule has 0 unspecified atom stereocenters. The summed E-state index contributed by atoms with van der Waals surface area (Å²) in [5, 5.41) is 11.6. The molecule has 6 nitrogen and oxygen atoms in total. The number of nitrogens with one attached hydrogen (secondary N) is 1. The Bertz CT molecular complexity index is 802. The van der Waals surface area contributed by atoms with Crippen molar-refractivity contribution in [2.75, 3.05) is 5.75 Å². The first kappa shape index (κ1) is 18.3. The summed E-state index contributed by atoms with van der Waals surface area (Å²) in [5.74, 6) is 3.04. The second-order valence-electron chi connectivity index (χ2n) is 7.71. The number of thioether (sulfide) groups is 1. The van der Waals surface area contributed by atoms with Gasteiger partial charge in [0.25, 0.3) is 11.1 Å². The first-order valence-electron chi connectivity index (χ1n) is 9.51. The van der Waals surface area contributed by atoms with Gasteiger partial charge in [0.2, 0.25) is 5.91 Å². The smallest absolute Gasteiger partial charge is 0.277 e. The number of aromatic nitrogens is 2. The summed E-state index contributed by atoms with van der Waals surface area (Å²) < 4.78 is 11.3. The van der Waals surface area contributed by atoms with Gasteiger partial charge in [-0.25, -0.2) is 0 Å². The van der Waals surface area contributed by atoms with Gasteiger partial charge in [-0.2, -0.15) is 0 Å². The number of carbonyl (C=O) groups is 1. The molecule has 0 spiro atoms. The molecule has 1 N–H and O–H groups in total. The number of aryl methyl sites for hydroxylation is 2. The molecule has 0 aliphatic heterocycles. The third kappa shape index (κ3) is 4.64. The van der Waals surface area contributed by atoms with Gasteiger partial charge in [0.05, 0.1) is 5.75 Å². The third-order valence-corrected chi connectivity index (χ3v) is 6.24. The van der Waals surface area contributed by atoms with Crippen LogP contribution in [0.25, 0.3) is 0 Å². The minimum Gasteiger partial charge on any atom is -0.484 e. The van der Waals surface area contributed by atoms with Crippen LogP contribution in [0.2, 0.25) is 0 Å². The lowest BCUT2D eigenvalue weighted by Gasteiger charge is -2.22. The quantitative estimate of drug-likeness (QED) is 0.731. The molecule has 1 amide bonds. The first-order chi connectivity index (χ1) is 13.0. The Morgan fingerprint density at radius 2 is 2.04 bits per heavy atom. The summed E-state index contributed by atoms with van der Waals surface area (Å²) in [6, 6.07) is 6.40. The molecule has 1 aromatic heterocycles. The standard InChI is InChI=1S/C20H25N3O3S/c1-12-5-13(2)7-16(6-12)25-10-19-22-23-20(26-19)27-11-18(24)21-17-9-14-3-4-15(17)8-14/h5-7,14-15,17H,3-4,8-11H2,1-2H3,(H,21,24)/t14-,15-,17+/m1/s1. The van der Waals surface area contributed by atoms with Crippen LogP contribution in [0.15, 0.2) is 27.8 Å². The normalized spacial score (nSPS) is 23.6. The van der Waals surface area contributed by atoms with Crippen molar-refractivity contribution in [3.05, 3.63) is 35.2 Å². The van der Waals surface area contributed by atoms with Crippen LogP contribution in [-0.4, -0.2) is 27.9 Å². The van der Waals surface area contributed by atoms with Gasteiger partial charge < -0.3 is 14.5 Å². The second kappa shape index (κ2) is 7.92. The lowest BCUT2D eigenvalue weighted by Crippen LogP contribution is -2.39. The monoisotopic (exact) mass is 387 g/mol. The van der Waals surface area contributed by atoms with Crippen molar-refractivity contribution >= 4 is 17.7 Å². The zero-order valence-electron chi connectivity index (χ0n) is 15.7. The number of nitrogens with zero attached hydrogens (tertiary/aromatic N) is 2. The van der Waals surface area contributed by atoms with Gasteiger partial charge in [-0.15, -0.1) is 10.2 Å². The fraction of sp³-hybridized carbons (Fsp3) is 0.550. The van der Waals surface area contributed by atoms with Gasteiger partial charge in [-0.1, -0.05) is 24.2 Å². The summed E-state index contributed by atoms with van der Waals surface area (Å²) in [4.78, 5) is 12.2. The highest BCUT2D eigenvalue weighted by atomic mass is 32.2. The predicted molar refractivity (Wildman–Crippen MR) is 103 cm³/mol. The van der Waals surface area contributed by atoms with Crippen molar-refractivity contribution < 1.29 is 13.9 Å². The zero-order valence-corrected chi connectivity index (χ0v) is 16.6. The number of fused-ring (bicyclic) bond motifs is 2. The van der Waals surface area contributed by atoms with E-state index in [2.05, 4.69) is 21.6 Å². The third-order valence-electron chi connectivity index (χ3n) is 5.42. The topological polar surface area (TPSA) is 77.2 Å². The van der Waals surface area contributed by atoms with Crippen LogP contribution in [-0.2, 0) is 11.4 Å². The molecule has 2 bridgehead atoms. The van der Waals surface area contributed by atoms with Gasteiger partial charge in [0, 0.05) is 6.04 Å². The number of hydrogen-bond donors (Lipinski definition) is 1. The molecule has 2 aliphatic rings. The highest BCUT2D eigenvalue weighted by molar-refractivity contribution is 7.99. The van der Waals surface area contributed by atoms with Crippen molar-refractivity contribution in [2.45, 2.75) is 57.4 Å². The van der Waals surface area contributed by atoms with Crippen molar-refractivity contribution in [2.24, 2.45) is 11.8 Å². The van der Waals surface area contributed by atoms with Crippen LogP contribution < -0.4 is 10.1 Å². The fourth-order valence-electron chi connectivity index (χ4n) is 4.31. The second-order valence-corrected chi connectivity index (χ2v) is 8.64. The van der Waals surface area contributed by atoms with Crippen molar-refractivity contribution in [3.63, 3.8) is 0 Å². The van der Waals surface area contributed by atoms with E-state index in [4.69, 9.17) is 9.15 Å². The maximum Gasteiger partial charge on any atom is 0.277 e. The molecule has 144 valence electrons. The van der Waals surface area contributed by atoms with E-state index in [-0.39, 0.29) is 12.5 Å². The highest BCUT2D eigenvalue weighted by Crippen LogP contribution is 2.44. The van der Waals surface area contributed by atoms with E-state index in [9.17, 15) is 4.79 Å². The van der Waals surface area contributed by atoms with E-state index in [0.29, 0.717) is 28.8 Å². The van der Waals surface area contributed by atoms with Gasteiger partial charge in [0.15, 0.2) is 6.61 Å². The molecule has 27 heavy (non-hydrogen) atoms. The highest BCUT2D eigenvalue weighted by Gasteiger charge is 2.40. The zero-order chi connectivity index (χ0) is 18.8. The molecule has 0 radical (unpaired) electrons. The van der Waals surface area contributed by atoms with Crippen LogP contribution in [0.4, 0.5) is 0 Å². The van der Waals surface area contributed by atoms with Gasteiger partial charge >= 0.3 is 0 Å². The summed E-state index contributed by atoms with van der Waals surface area (Å²) in [6.07, 6.45) is 5.02. The minimum absolute atomic E-state index is 0.0452. The van der Waals surface area contributed by atoms with Crippen molar-refractivity contribution in [3.8, 4) is 5.75 Å². The molecule has 3 atom stereocenters. The lowest BCUT2D eigenvalue weighted by molar-refractivity contribution is -0.119. The molecule has 1 heterocycles. The molecular weight excluding hydrogens is 362 g/mol. The maximum absolute atomic E-state index is 12.2. The Labute approximate surface area is 163 Å². The Morgan fingerprint density at radius 3 is 2.74 bits per heavy atom. The van der Waals surface area contributed by atoms with Crippen molar-refractivity contribution in [1.29, 1.82) is 0 Å². The van der Waals surface area contributed by atoms with Crippen LogP contribution in [0.1, 0.15) is 42.7 Å². The number of ether oxygens (including phenoxy) is 1. The fourth-order valence-corrected chi connectivity index (χ4v) is 4.90. The number of hydrogen-bond acceptors (Lipinski definition) is 6. The van der Waals surface area contributed by atoms with Crippen LogP contribution in [0, 0.1) is 25.7 Å². The molecule has 2 fully saturated rings. The van der Waals surface area contributed by atoms with Crippen LogP contribution in [0.5, 0.6) is 5.75 Å². The average Bonchev–Trinajstić information content (AvgIpc) is 3.34. The Hall–Kier alpha value is -2.02. The molecule has 2 saturated carbocycles. The van der Waals surface area contributed by atoms with E-state index in [1.54, 1.807) is 0 Å². The van der Waals surface area contributed by atoms with Crippen molar-refractivity contribution in [1.82, 2.24) is 15.5 Å². The van der Waals surface area contributed by atoms with Gasteiger partial charge in [-0.05, 0) is 68.2 Å². The van der Waals surface area contributed by atoms with Crippen LogP contribution >= 0.6 is 11.8 Å². The summed E-state index contributed by atoms with van der Waals surface area (Å²) in [5.41, 5.74) is 2.29. The molecular formula is C20H25N3O3S. The number of carbonyl (C=O) groups excluding carboxylic acids is 1. The average molecular weight is 388 g/mol. The van der Waals surface area contributed by atoms with E-state index >= 15 is 0 Å². The Kier molecular flexibility index (Phi) is 5.38. The lowest BCUT2D eigenvalue weighted by atomic mass is 9.95. The van der Waals surface area contributed by atoms with E-state index in [0.717, 1.165) is 29.2 Å².